The predicted octanol–water partition coefficient (Wildman–Crippen LogP) is 0.703. The SMILES string of the molecule is O=C(O)C1CCC(n2nnc(Cc3cccs3)n2)CN1. The average Bonchev–Trinajstić information content (AvgIpc) is 3.11. The number of thiophene rings is 1. The zero-order valence-electron chi connectivity index (χ0n) is 10.8. The van der Waals surface area contributed by atoms with E-state index in [-0.39, 0.29) is 6.04 Å². The Morgan fingerprint density at radius 2 is 2.45 bits per heavy atom. The monoisotopic (exact) mass is 293 g/mol. The molecule has 2 N–H and O–H groups in total. The van der Waals surface area contributed by atoms with Gasteiger partial charge in [0, 0.05) is 17.8 Å². The largest absolute Gasteiger partial charge is 0.480 e. The van der Waals surface area contributed by atoms with Gasteiger partial charge in [0.25, 0.3) is 0 Å². The molecule has 0 aromatic carbocycles. The number of aliphatic carboxylic acids is 1. The Hall–Kier alpha value is -1.80. The van der Waals surface area contributed by atoms with Gasteiger partial charge in [-0.05, 0) is 29.5 Å². The molecule has 0 saturated carbocycles. The first kappa shape index (κ1) is 13.2. The topological polar surface area (TPSA) is 92.9 Å². The minimum Gasteiger partial charge on any atom is -0.480 e. The number of hydrogen-bond acceptors (Lipinski definition) is 6. The Morgan fingerprint density at radius 3 is 3.10 bits per heavy atom. The third kappa shape index (κ3) is 2.86. The van der Waals surface area contributed by atoms with Gasteiger partial charge in [-0.15, -0.1) is 21.5 Å². The highest BCUT2D eigenvalue weighted by Gasteiger charge is 2.27. The zero-order chi connectivity index (χ0) is 13.9. The van der Waals surface area contributed by atoms with Gasteiger partial charge >= 0.3 is 5.97 Å². The maximum atomic E-state index is 10.9. The molecule has 0 amide bonds. The van der Waals surface area contributed by atoms with Gasteiger partial charge in [-0.1, -0.05) is 6.07 Å². The van der Waals surface area contributed by atoms with E-state index >= 15 is 0 Å². The predicted molar refractivity (Wildman–Crippen MR) is 72.6 cm³/mol. The van der Waals surface area contributed by atoms with Crippen LogP contribution in [0.5, 0.6) is 0 Å². The van der Waals surface area contributed by atoms with Gasteiger partial charge in [0.15, 0.2) is 5.82 Å². The van der Waals surface area contributed by atoms with Crippen LogP contribution in [0.2, 0.25) is 0 Å². The molecule has 0 radical (unpaired) electrons. The van der Waals surface area contributed by atoms with E-state index in [4.69, 9.17) is 5.11 Å². The molecule has 2 unspecified atom stereocenters. The minimum absolute atomic E-state index is 0.0789. The van der Waals surface area contributed by atoms with E-state index in [1.807, 2.05) is 17.5 Å². The maximum absolute atomic E-state index is 10.9. The van der Waals surface area contributed by atoms with Crippen molar-refractivity contribution in [1.29, 1.82) is 0 Å². The molecule has 1 saturated heterocycles. The summed E-state index contributed by atoms with van der Waals surface area (Å²) in [5.41, 5.74) is 0. The van der Waals surface area contributed by atoms with Gasteiger partial charge in [-0.25, -0.2) is 0 Å². The first-order valence-corrected chi connectivity index (χ1v) is 7.37. The number of tetrazole rings is 1. The van der Waals surface area contributed by atoms with Crippen LogP contribution in [0.1, 0.15) is 29.6 Å². The van der Waals surface area contributed by atoms with Gasteiger partial charge < -0.3 is 10.4 Å². The van der Waals surface area contributed by atoms with E-state index < -0.39 is 12.0 Å². The molecule has 2 aromatic rings. The van der Waals surface area contributed by atoms with Crippen LogP contribution in [0.25, 0.3) is 0 Å². The van der Waals surface area contributed by atoms with Crippen LogP contribution in [-0.2, 0) is 11.2 Å². The second kappa shape index (κ2) is 5.68. The van der Waals surface area contributed by atoms with Crippen molar-refractivity contribution in [3.63, 3.8) is 0 Å². The molecule has 0 spiro atoms. The molecule has 7 nitrogen and oxygen atoms in total. The molecule has 20 heavy (non-hydrogen) atoms. The van der Waals surface area contributed by atoms with E-state index in [1.165, 1.54) is 4.88 Å². The van der Waals surface area contributed by atoms with Crippen LogP contribution in [0.15, 0.2) is 17.5 Å². The van der Waals surface area contributed by atoms with Crippen molar-refractivity contribution in [2.45, 2.75) is 31.3 Å². The highest BCUT2D eigenvalue weighted by molar-refractivity contribution is 7.09. The van der Waals surface area contributed by atoms with Crippen molar-refractivity contribution in [2.24, 2.45) is 0 Å². The summed E-state index contributed by atoms with van der Waals surface area (Å²) in [5.74, 6) is -0.0961. The zero-order valence-corrected chi connectivity index (χ0v) is 11.6. The van der Waals surface area contributed by atoms with E-state index in [0.29, 0.717) is 25.2 Å². The summed E-state index contributed by atoms with van der Waals surface area (Å²) < 4.78 is 0. The number of carboxylic acids is 1. The van der Waals surface area contributed by atoms with Crippen LogP contribution >= 0.6 is 11.3 Å². The summed E-state index contributed by atoms with van der Waals surface area (Å²) in [4.78, 5) is 13.7. The molecule has 106 valence electrons. The average molecular weight is 293 g/mol. The van der Waals surface area contributed by atoms with Gasteiger partial charge in [-0.3, -0.25) is 4.79 Å². The molecular weight excluding hydrogens is 278 g/mol. The summed E-state index contributed by atoms with van der Waals surface area (Å²) in [7, 11) is 0. The molecule has 2 atom stereocenters. The van der Waals surface area contributed by atoms with Crippen LogP contribution in [0.3, 0.4) is 0 Å². The Labute approximate surface area is 119 Å². The number of piperidine rings is 1. The van der Waals surface area contributed by atoms with E-state index in [1.54, 1.807) is 16.1 Å². The second-order valence-corrected chi connectivity index (χ2v) is 5.84. The van der Waals surface area contributed by atoms with Gasteiger partial charge in [0.1, 0.15) is 6.04 Å². The van der Waals surface area contributed by atoms with Crippen molar-refractivity contribution in [3.05, 3.63) is 28.2 Å². The lowest BCUT2D eigenvalue weighted by Crippen LogP contribution is -2.44. The standard InChI is InChI=1S/C12H15N5O2S/c18-12(19)10-4-3-8(7-13-10)17-15-11(14-16-17)6-9-2-1-5-20-9/h1-2,5,8,10,13H,3-4,6-7H2,(H,18,19). The van der Waals surface area contributed by atoms with Crippen LogP contribution in [0.4, 0.5) is 0 Å². The lowest BCUT2D eigenvalue weighted by Gasteiger charge is -2.26. The third-order valence-corrected chi connectivity index (χ3v) is 4.27. The first-order valence-electron chi connectivity index (χ1n) is 6.49. The Bertz CT molecular complexity index is 574. The van der Waals surface area contributed by atoms with E-state index in [9.17, 15) is 4.79 Å². The van der Waals surface area contributed by atoms with Crippen LogP contribution in [0, 0.1) is 0 Å². The molecule has 0 aliphatic carbocycles. The molecular formula is C12H15N5O2S. The minimum atomic E-state index is -0.798. The molecule has 2 aromatic heterocycles. The fourth-order valence-corrected chi connectivity index (χ4v) is 3.00. The highest BCUT2D eigenvalue weighted by Crippen LogP contribution is 2.18. The number of hydrogen-bond donors (Lipinski definition) is 2. The maximum Gasteiger partial charge on any atom is 0.320 e. The second-order valence-electron chi connectivity index (χ2n) is 4.81. The van der Waals surface area contributed by atoms with E-state index in [0.717, 1.165) is 6.42 Å². The van der Waals surface area contributed by atoms with E-state index in [2.05, 4.69) is 20.7 Å². The first-order chi connectivity index (χ1) is 9.72. The summed E-state index contributed by atoms with van der Waals surface area (Å²) in [6.07, 6.45) is 2.02. The lowest BCUT2D eigenvalue weighted by atomic mass is 10.0. The number of carboxylic acid groups (broad SMARTS) is 1. The smallest absolute Gasteiger partial charge is 0.320 e. The molecule has 1 aliphatic heterocycles. The summed E-state index contributed by atoms with van der Waals surface area (Å²) >= 11 is 1.67. The number of nitrogens with one attached hydrogen (secondary N) is 1. The lowest BCUT2D eigenvalue weighted by molar-refractivity contribution is -0.140. The Kier molecular flexibility index (Phi) is 3.75. The normalized spacial score (nSPS) is 22.8. The molecule has 8 heteroatoms. The van der Waals surface area contributed by atoms with Gasteiger partial charge in [-0.2, -0.15) is 4.80 Å². The molecule has 1 fully saturated rings. The molecule has 3 heterocycles. The summed E-state index contributed by atoms with van der Waals surface area (Å²) in [6.45, 7) is 0.561. The molecule has 1 aliphatic rings. The summed E-state index contributed by atoms with van der Waals surface area (Å²) in [5, 5.41) is 26.5. The fourth-order valence-electron chi connectivity index (χ4n) is 2.30. The summed E-state index contributed by atoms with van der Waals surface area (Å²) in [6, 6.07) is 3.67. The number of nitrogens with zero attached hydrogens (tertiary/aromatic N) is 4. The Balaban J connectivity index is 1.61. The molecule has 0 bridgehead atoms. The quantitative estimate of drug-likeness (QED) is 0.862. The number of aromatic nitrogens is 4. The third-order valence-electron chi connectivity index (χ3n) is 3.40. The number of rotatable bonds is 4. The van der Waals surface area contributed by atoms with Crippen LogP contribution in [-0.4, -0.2) is 43.9 Å². The van der Waals surface area contributed by atoms with Crippen molar-refractivity contribution >= 4 is 17.3 Å². The Morgan fingerprint density at radius 1 is 1.55 bits per heavy atom. The molecule has 3 rings (SSSR count). The van der Waals surface area contributed by atoms with Gasteiger partial charge in [0.2, 0.25) is 0 Å². The fraction of sp³-hybridized carbons (Fsp3) is 0.500. The van der Waals surface area contributed by atoms with Crippen LogP contribution < -0.4 is 5.32 Å². The van der Waals surface area contributed by atoms with Crippen molar-refractivity contribution in [1.82, 2.24) is 25.5 Å². The van der Waals surface area contributed by atoms with Crippen molar-refractivity contribution < 1.29 is 9.90 Å². The van der Waals surface area contributed by atoms with Crippen molar-refractivity contribution in [3.8, 4) is 0 Å². The van der Waals surface area contributed by atoms with Crippen molar-refractivity contribution in [2.75, 3.05) is 6.54 Å². The number of carbonyl (C=O) groups is 1. The highest BCUT2D eigenvalue weighted by atomic mass is 32.1. The van der Waals surface area contributed by atoms with Gasteiger partial charge in [0.05, 0.1) is 6.04 Å².